The van der Waals surface area contributed by atoms with Gasteiger partial charge in [-0.3, -0.25) is 4.79 Å². The van der Waals surface area contributed by atoms with Crippen molar-refractivity contribution in [2.75, 3.05) is 32.1 Å². The Morgan fingerprint density at radius 3 is 2.35 bits per heavy atom. The highest BCUT2D eigenvalue weighted by Gasteiger charge is 2.01. The number of methoxy groups -OCH3 is 1. The van der Waals surface area contributed by atoms with E-state index in [9.17, 15) is 4.79 Å². The zero-order valence-corrected chi connectivity index (χ0v) is 13.2. The number of amides is 1. The third-order valence-electron chi connectivity index (χ3n) is 3.14. The second-order valence-electron chi connectivity index (χ2n) is 4.96. The number of nitrogens with one attached hydrogen (secondary N) is 2. The maximum atomic E-state index is 11.5. The number of ether oxygens (including phenoxy) is 2. The van der Waals surface area contributed by atoms with Gasteiger partial charge in [0, 0.05) is 32.3 Å². The fourth-order valence-corrected chi connectivity index (χ4v) is 1.97. The Kier molecular flexibility index (Phi) is 6.94. The second-order valence-corrected chi connectivity index (χ2v) is 4.96. The Morgan fingerprint density at radius 2 is 1.65 bits per heavy atom. The molecule has 2 N–H and O–H groups in total. The van der Waals surface area contributed by atoms with E-state index < -0.39 is 0 Å². The number of rotatable bonds is 9. The van der Waals surface area contributed by atoms with Crippen LogP contribution in [-0.2, 0) is 9.53 Å². The molecule has 0 aliphatic heterocycles. The lowest BCUT2D eigenvalue weighted by Gasteiger charge is -2.09. The van der Waals surface area contributed by atoms with Crippen LogP contribution in [-0.4, -0.2) is 32.7 Å². The van der Waals surface area contributed by atoms with Gasteiger partial charge in [-0.05, 0) is 36.4 Å². The maximum Gasteiger partial charge on any atom is 0.221 e. The van der Waals surface area contributed by atoms with Crippen molar-refractivity contribution >= 4 is 11.6 Å². The molecule has 2 rings (SSSR count). The third kappa shape index (κ3) is 6.40. The van der Waals surface area contributed by atoms with Crippen LogP contribution in [0, 0.1) is 0 Å². The van der Waals surface area contributed by atoms with Crippen LogP contribution in [0.4, 0.5) is 5.69 Å². The van der Waals surface area contributed by atoms with E-state index in [4.69, 9.17) is 9.47 Å². The molecule has 0 radical (unpaired) electrons. The zero-order chi connectivity index (χ0) is 16.3. The molecule has 0 saturated carbocycles. The predicted octanol–water partition coefficient (Wildman–Crippen LogP) is 3.04. The van der Waals surface area contributed by atoms with Gasteiger partial charge < -0.3 is 20.1 Å². The van der Waals surface area contributed by atoms with Gasteiger partial charge in [-0.25, -0.2) is 0 Å². The molecule has 1 amide bonds. The predicted molar refractivity (Wildman–Crippen MR) is 91.0 cm³/mol. The lowest BCUT2D eigenvalue weighted by atomic mass is 10.3. The van der Waals surface area contributed by atoms with Crippen LogP contribution < -0.4 is 15.4 Å². The molecule has 2 aromatic rings. The van der Waals surface area contributed by atoms with E-state index in [1.807, 2.05) is 54.6 Å². The van der Waals surface area contributed by atoms with Crippen molar-refractivity contribution in [3.63, 3.8) is 0 Å². The number of carbonyl (C=O) groups is 1. The van der Waals surface area contributed by atoms with Crippen molar-refractivity contribution in [3.8, 4) is 11.5 Å². The van der Waals surface area contributed by atoms with E-state index in [1.165, 1.54) is 0 Å². The first-order valence-electron chi connectivity index (χ1n) is 7.60. The summed E-state index contributed by atoms with van der Waals surface area (Å²) in [4.78, 5) is 11.5. The molecule has 2 aromatic carbocycles. The number of carbonyl (C=O) groups excluding carboxylic acids is 1. The van der Waals surface area contributed by atoms with E-state index in [0.29, 0.717) is 26.1 Å². The molecular formula is C18H22N2O3. The lowest BCUT2D eigenvalue weighted by molar-refractivity contribution is -0.121. The molecule has 0 aromatic heterocycles. The van der Waals surface area contributed by atoms with Gasteiger partial charge in [0.05, 0.1) is 6.61 Å². The minimum atomic E-state index is 0.0126. The Bertz CT molecular complexity index is 585. The smallest absolute Gasteiger partial charge is 0.221 e. The van der Waals surface area contributed by atoms with Gasteiger partial charge in [0.2, 0.25) is 5.91 Å². The fraction of sp³-hybridized carbons (Fsp3) is 0.278. The zero-order valence-electron chi connectivity index (χ0n) is 13.2. The molecule has 0 atom stereocenters. The van der Waals surface area contributed by atoms with E-state index in [-0.39, 0.29) is 5.91 Å². The van der Waals surface area contributed by atoms with E-state index in [2.05, 4.69) is 10.6 Å². The van der Waals surface area contributed by atoms with Crippen molar-refractivity contribution in [1.29, 1.82) is 0 Å². The van der Waals surface area contributed by atoms with Gasteiger partial charge in [-0.15, -0.1) is 0 Å². The Balaban J connectivity index is 1.71. The highest BCUT2D eigenvalue weighted by atomic mass is 16.5. The molecule has 5 nitrogen and oxygen atoms in total. The largest absolute Gasteiger partial charge is 0.457 e. The quantitative estimate of drug-likeness (QED) is 0.699. The molecule has 0 saturated heterocycles. The van der Waals surface area contributed by atoms with Crippen LogP contribution in [0.1, 0.15) is 6.42 Å². The topological polar surface area (TPSA) is 59.6 Å². The Labute approximate surface area is 136 Å². The minimum absolute atomic E-state index is 0.0126. The highest BCUT2D eigenvalue weighted by molar-refractivity contribution is 5.76. The summed E-state index contributed by atoms with van der Waals surface area (Å²) >= 11 is 0. The van der Waals surface area contributed by atoms with Crippen LogP contribution in [0.2, 0.25) is 0 Å². The summed E-state index contributed by atoms with van der Waals surface area (Å²) in [6, 6.07) is 17.3. The molecule has 0 unspecified atom stereocenters. The summed E-state index contributed by atoms with van der Waals surface area (Å²) in [5.41, 5.74) is 0.954. The number of hydrogen-bond donors (Lipinski definition) is 2. The molecule has 0 aliphatic carbocycles. The average molecular weight is 314 g/mol. The molecule has 5 heteroatoms. The van der Waals surface area contributed by atoms with Gasteiger partial charge in [0.15, 0.2) is 0 Å². The standard InChI is InChI=1S/C18H22N2O3/c1-22-14-13-20-18(21)11-12-19-15-7-9-17(10-8-15)23-16-5-3-2-4-6-16/h2-10,19H,11-14H2,1H3,(H,20,21). The molecule has 23 heavy (non-hydrogen) atoms. The summed E-state index contributed by atoms with van der Waals surface area (Å²) in [7, 11) is 1.61. The molecule has 0 aliphatic rings. The van der Waals surface area contributed by atoms with Crippen molar-refractivity contribution < 1.29 is 14.3 Å². The molecule has 0 spiro atoms. The summed E-state index contributed by atoms with van der Waals surface area (Å²) in [6.07, 6.45) is 0.423. The molecule has 0 fully saturated rings. The highest BCUT2D eigenvalue weighted by Crippen LogP contribution is 2.22. The first kappa shape index (κ1) is 16.8. The van der Waals surface area contributed by atoms with E-state index >= 15 is 0 Å². The molecule has 0 heterocycles. The lowest BCUT2D eigenvalue weighted by Crippen LogP contribution is -2.28. The summed E-state index contributed by atoms with van der Waals surface area (Å²) in [6.45, 7) is 1.65. The summed E-state index contributed by atoms with van der Waals surface area (Å²) in [5, 5.41) is 5.99. The molecular weight excluding hydrogens is 292 g/mol. The van der Waals surface area contributed by atoms with E-state index in [1.54, 1.807) is 7.11 Å². The normalized spacial score (nSPS) is 10.1. The van der Waals surface area contributed by atoms with Crippen molar-refractivity contribution in [2.24, 2.45) is 0 Å². The van der Waals surface area contributed by atoms with Crippen molar-refractivity contribution in [3.05, 3.63) is 54.6 Å². The number of hydrogen-bond acceptors (Lipinski definition) is 4. The SMILES string of the molecule is COCCNC(=O)CCNc1ccc(Oc2ccccc2)cc1. The Morgan fingerprint density at radius 1 is 0.957 bits per heavy atom. The number of anilines is 1. The summed E-state index contributed by atoms with van der Waals surface area (Å²) < 4.78 is 10.6. The first-order valence-corrected chi connectivity index (χ1v) is 7.60. The fourth-order valence-electron chi connectivity index (χ4n) is 1.97. The van der Waals surface area contributed by atoms with Crippen LogP contribution >= 0.6 is 0 Å². The van der Waals surface area contributed by atoms with Gasteiger partial charge in [0.1, 0.15) is 11.5 Å². The maximum absolute atomic E-state index is 11.5. The van der Waals surface area contributed by atoms with Gasteiger partial charge >= 0.3 is 0 Å². The van der Waals surface area contributed by atoms with Gasteiger partial charge in [0.25, 0.3) is 0 Å². The van der Waals surface area contributed by atoms with Crippen LogP contribution in [0.15, 0.2) is 54.6 Å². The van der Waals surface area contributed by atoms with Crippen LogP contribution in [0.25, 0.3) is 0 Å². The van der Waals surface area contributed by atoms with E-state index in [0.717, 1.165) is 17.2 Å². The summed E-state index contributed by atoms with van der Waals surface area (Å²) in [5.74, 6) is 1.60. The van der Waals surface area contributed by atoms with Crippen molar-refractivity contribution in [2.45, 2.75) is 6.42 Å². The Hall–Kier alpha value is -2.53. The average Bonchev–Trinajstić information content (AvgIpc) is 2.58. The molecule has 0 bridgehead atoms. The van der Waals surface area contributed by atoms with Crippen LogP contribution in [0.5, 0.6) is 11.5 Å². The third-order valence-corrected chi connectivity index (χ3v) is 3.14. The number of benzene rings is 2. The molecule has 122 valence electrons. The van der Waals surface area contributed by atoms with Crippen LogP contribution in [0.3, 0.4) is 0 Å². The van der Waals surface area contributed by atoms with Crippen molar-refractivity contribution in [1.82, 2.24) is 5.32 Å². The first-order chi connectivity index (χ1) is 11.3. The minimum Gasteiger partial charge on any atom is -0.457 e. The monoisotopic (exact) mass is 314 g/mol. The number of para-hydroxylation sites is 1. The van der Waals surface area contributed by atoms with Gasteiger partial charge in [-0.1, -0.05) is 18.2 Å². The van der Waals surface area contributed by atoms with Gasteiger partial charge in [-0.2, -0.15) is 0 Å². The second kappa shape index (κ2) is 9.48.